The number of aryl methyl sites for hydroxylation is 1. The molecule has 2 aromatic heterocycles. The average Bonchev–Trinajstić information content (AvgIpc) is 2.91. The van der Waals surface area contributed by atoms with Gasteiger partial charge in [-0.2, -0.15) is 0 Å². The quantitative estimate of drug-likeness (QED) is 0.657. The number of carbonyl (C=O) groups excluding carboxylic acids is 1. The molecule has 3 aromatic rings. The highest BCUT2D eigenvalue weighted by molar-refractivity contribution is 5.97. The molecule has 7 heteroatoms. The van der Waals surface area contributed by atoms with E-state index in [0.29, 0.717) is 17.0 Å². The zero-order chi connectivity index (χ0) is 13.6. The standard InChI is InChI=1S/C12H9N3O4/c1-6-5-14-10(18-6)11(16)15-8-3-2-7(13)4-9(8)19-12(15)17/h2-5H,13H2,1H3. The molecule has 2 heterocycles. The van der Waals surface area contributed by atoms with Crippen molar-refractivity contribution in [2.45, 2.75) is 6.92 Å². The number of hydrogen-bond acceptors (Lipinski definition) is 6. The molecule has 0 aliphatic carbocycles. The molecule has 0 fully saturated rings. The van der Waals surface area contributed by atoms with Crippen LogP contribution in [0.1, 0.15) is 16.4 Å². The number of carbonyl (C=O) groups is 1. The molecule has 0 aliphatic heterocycles. The summed E-state index contributed by atoms with van der Waals surface area (Å²) < 4.78 is 10.9. The lowest BCUT2D eigenvalue weighted by molar-refractivity contribution is 0.0920. The van der Waals surface area contributed by atoms with Crippen molar-refractivity contribution in [1.29, 1.82) is 0 Å². The summed E-state index contributed by atoms with van der Waals surface area (Å²) in [5, 5.41) is 0. The summed E-state index contributed by atoms with van der Waals surface area (Å²) in [7, 11) is 0. The molecular weight excluding hydrogens is 250 g/mol. The summed E-state index contributed by atoms with van der Waals surface area (Å²) in [6.45, 7) is 1.65. The highest BCUT2D eigenvalue weighted by Gasteiger charge is 2.21. The highest BCUT2D eigenvalue weighted by atomic mass is 16.4. The van der Waals surface area contributed by atoms with Crippen LogP contribution in [0.3, 0.4) is 0 Å². The van der Waals surface area contributed by atoms with Crippen molar-refractivity contribution >= 4 is 22.7 Å². The van der Waals surface area contributed by atoms with E-state index in [2.05, 4.69) is 4.98 Å². The largest absolute Gasteiger partial charge is 0.438 e. The van der Waals surface area contributed by atoms with Crippen molar-refractivity contribution in [2.75, 3.05) is 5.73 Å². The minimum atomic E-state index is -0.804. The first-order valence-corrected chi connectivity index (χ1v) is 5.44. The predicted molar refractivity (Wildman–Crippen MR) is 65.9 cm³/mol. The molecule has 0 saturated carbocycles. The molecule has 96 valence electrons. The molecule has 3 rings (SSSR count). The van der Waals surface area contributed by atoms with E-state index in [1.807, 2.05) is 0 Å². The van der Waals surface area contributed by atoms with Crippen LogP contribution in [0.15, 0.2) is 38.0 Å². The number of nitrogens with two attached hydrogens (primary N) is 1. The predicted octanol–water partition coefficient (Wildman–Crippen LogP) is 1.16. The van der Waals surface area contributed by atoms with Gasteiger partial charge in [-0.25, -0.2) is 14.3 Å². The van der Waals surface area contributed by atoms with Crippen LogP contribution in [0.2, 0.25) is 0 Å². The van der Waals surface area contributed by atoms with Crippen LogP contribution in [0.5, 0.6) is 0 Å². The fourth-order valence-electron chi connectivity index (χ4n) is 1.78. The molecule has 0 radical (unpaired) electrons. The summed E-state index contributed by atoms with van der Waals surface area (Å²) in [6.07, 6.45) is 1.40. The van der Waals surface area contributed by atoms with Gasteiger partial charge in [-0.3, -0.25) is 4.79 Å². The maximum Gasteiger partial charge on any atom is 0.427 e. The SMILES string of the molecule is Cc1cnc(C(=O)n2c(=O)oc3cc(N)ccc32)o1. The third kappa shape index (κ3) is 1.71. The first kappa shape index (κ1) is 11.3. The van der Waals surface area contributed by atoms with Gasteiger partial charge in [0.1, 0.15) is 5.76 Å². The zero-order valence-electron chi connectivity index (χ0n) is 9.91. The normalized spacial score (nSPS) is 11.0. The minimum Gasteiger partial charge on any atom is -0.438 e. The molecule has 0 saturated heterocycles. The Labute approximate surface area is 106 Å². The number of nitrogen functional groups attached to an aromatic ring is 1. The lowest BCUT2D eigenvalue weighted by atomic mass is 10.3. The summed E-state index contributed by atoms with van der Waals surface area (Å²) >= 11 is 0. The van der Waals surface area contributed by atoms with Crippen LogP contribution in [-0.4, -0.2) is 15.5 Å². The Kier molecular flexibility index (Phi) is 2.28. The van der Waals surface area contributed by atoms with Gasteiger partial charge in [-0.15, -0.1) is 0 Å². The van der Waals surface area contributed by atoms with E-state index >= 15 is 0 Å². The molecule has 0 amide bonds. The summed E-state index contributed by atoms with van der Waals surface area (Å²) in [4.78, 5) is 27.7. The van der Waals surface area contributed by atoms with E-state index in [0.717, 1.165) is 4.57 Å². The lowest BCUT2D eigenvalue weighted by Crippen LogP contribution is -2.23. The van der Waals surface area contributed by atoms with Crippen LogP contribution < -0.4 is 11.5 Å². The maximum absolute atomic E-state index is 12.2. The highest BCUT2D eigenvalue weighted by Crippen LogP contribution is 2.17. The van der Waals surface area contributed by atoms with Crippen molar-refractivity contribution in [1.82, 2.24) is 9.55 Å². The first-order valence-electron chi connectivity index (χ1n) is 5.44. The Balaban J connectivity index is 2.22. The second kappa shape index (κ2) is 3.84. The third-order valence-electron chi connectivity index (χ3n) is 2.61. The van der Waals surface area contributed by atoms with Crippen LogP contribution in [-0.2, 0) is 0 Å². The third-order valence-corrected chi connectivity index (χ3v) is 2.61. The molecule has 0 unspecified atom stereocenters. The second-order valence-electron chi connectivity index (χ2n) is 4.01. The van der Waals surface area contributed by atoms with Gasteiger partial charge < -0.3 is 14.6 Å². The Morgan fingerprint density at radius 2 is 2.16 bits per heavy atom. The van der Waals surface area contributed by atoms with E-state index in [-0.39, 0.29) is 11.5 Å². The summed E-state index contributed by atoms with van der Waals surface area (Å²) in [5.41, 5.74) is 6.58. The van der Waals surface area contributed by atoms with E-state index in [1.54, 1.807) is 13.0 Å². The van der Waals surface area contributed by atoms with Crippen molar-refractivity contribution in [3.05, 3.63) is 46.6 Å². The van der Waals surface area contributed by atoms with Crippen LogP contribution >= 0.6 is 0 Å². The Hall–Kier alpha value is -2.83. The topological polar surface area (TPSA) is 104 Å². The number of hydrogen-bond donors (Lipinski definition) is 1. The molecular formula is C12H9N3O4. The number of fused-ring (bicyclic) bond motifs is 1. The summed E-state index contributed by atoms with van der Waals surface area (Å²) in [6, 6.07) is 4.58. The number of rotatable bonds is 1. The minimum absolute atomic E-state index is 0.167. The Morgan fingerprint density at radius 1 is 1.37 bits per heavy atom. The fraction of sp³-hybridized carbons (Fsp3) is 0.0833. The Bertz CT molecular complexity index is 840. The van der Waals surface area contributed by atoms with Gasteiger partial charge in [0.2, 0.25) is 0 Å². The molecule has 0 bridgehead atoms. The van der Waals surface area contributed by atoms with E-state index < -0.39 is 11.7 Å². The second-order valence-corrected chi connectivity index (χ2v) is 4.01. The van der Waals surface area contributed by atoms with E-state index in [1.165, 1.54) is 18.3 Å². The van der Waals surface area contributed by atoms with Gasteiger partial charge in [0.05, 0.1) is 11.7 Å². The van der Waals surface area contributed by atoms with Crippen molar-refractivity contribution < 1.29 is 13.6 Å². The van der Waals surface area contributed by atoms with Crippen molar-refractivity contribution in [3.63, 3.8) is 0 Å². The van der Waals surface area contributed by atoms with E-state index in [4.69, 9.17) is 14.6 Å². The van der Waals surface area contributed by atoms with Gasteiger partial charge in [-0.05, 0) is 19.1 Å². The molecule has 2 N–H and O–H groups in total. The van der Waals surface area contributed by atoms with Crippen molar-refractivity contribution in [3.8, 4) is 0 Å². The van der Waals surface area contributed by atoms with Gasteiger partial charge in [0.15, 0.2) is 5.58 Å². The Morgan fingerprint density at radius 3 is 2.84 bits per heavy atom. The molecule has 0 aliphatic rings. The number of nitrogens with zero attached hydrogens (tertiary/aromatic N) is 2. The maximum atomic E-state index is 12.2. The monoisotopic (exact) mass is 259 g/mol. The smallest absolute Gasteiger partial charge is 0.427 e. The molecule has 1 aromatic carbocycles. The van der Waals surface area contributed by atoms with Crippen LogP contribution in [0.25, 0.3) is 11.1 Å². The van der Waals surface area contributed by atoms with Gasteiger partial charge in [0.25, 0.3) is 5.89 Å². The molecule has 7 nitrogen and oxygen atoms in total. The zero-order valence-corrected chi connectivity index (χ0v) is 9.91. The number of benzene rings is 1. The van der Waals surface area contributed by atoms with Gasteiger partial charge in [0, 0.05) is 11.8 Å². The molecule has 0 spiro atoms. The summed E-state index contributed by atoms with van der Waals surface area (Å²) in [5.74, 6) is -1.17. The van der Waals surface area contributed by atoms with Gasteiger partial charge >= 0.3 is 11.7 Å². The van der Waals surface area contributed by atoms with Crippen LogP contribution in [0.4, 0.5) is 5.69 Å². The fourth-order valence-corrected chi connectivity index (χ4v) is 1.78. The number of oxazole rings is 2. The van der Waals surface area contributed by atoms with Crippen molar-refractivity contribution in [2.24, 2.45) is 0 Å². The lowest BCUT2D eigenvalue weighted by Gasteiger charge is -1.97. The molecule has 19 heavy (non-hydrogen) atoms. The van der Waals surface area contributed by atoms with E-state index in [9.17, 15) is 9.59 Å². The van der Waals surface area contributed by atoms with Crippen LogP contribution in [0, 0.1) is 6.92 Å². The first-order chi connectivity index (χ1) is 9.06. The average molecular weight is 259 g/mol. The van der Waals surface area contributed by atoms with Gasteiger partial charge in [-0.1, -0.05) is 0 Å². The number of anilines is 1. The number of aromatic nitrogens is 2. The molecule has 0 atom stereocenters.